The number of carbonyl (C=O) groups is 3. The number of carbonyl (C=O) groups excluding carboxylic acids is 3. The fourth-order valence-corrected chi connectivity index (χ4v) is 3.37. The zero-order valence-corrected chi connectivity index (χ0v) is 14.1. The molecule has 0 saturated heterocycles. The Hall–Kier alpha value is -2.68. The number of fused-ring (bicyclic) bond motifs is 1. The van der Waals surface area contributed by atoms with E-state index in [1.165, 1.54) is 25.4 Å². The van der Waals surface area contributed by atoms with Crippen LogP contribution in [-0.2, 0) is 22.6 Å². The van der Waals surface area contributed by atoms with Crippen molar-refractivity contribution in [3.8, 4) is 0 Å². The summed E-state index contributed by atoms with van der Waals surface area (Å²) in [4.78, 5) is 37.7. The van der Waals surface area contributed by atoms with E-state index in [4.69, 9.17) is 0 Å². The van der Waals surface area contributed by atoms with Gasteiger partial charge >= 0.3 is 5.97 Å². The van der Waals surface area contributed by atoms with Crippen molar-refractivity contribution in [3.05, 3.63) is 33.8 Å². The second kappa shape index (κ2) is 6.44. The van der Waals surface area contributed by atoms with E-state index in [-0.39, 0.29) is 17.5 Å². The lowest BCUT2D eigenvalue weighted by Gasteiger charge is -2.27. The van der Waals surface area contributed by atoms with E-state index < -0.39 is 5.97 Å². The molecule has 8 nitrogen and oxygen atoms in total. The van der Waals surface area contributed by atoms with Crippen molar-refractivity contribution in [2.24, 2.45) is 0 Å². The number of thiophene rings is 1. The Bertz CT molecular complexity index is 810. The molecule has 0 atom stereocenters. The molecule has 0 spiro atoms. The number of rotatable bonds is 3. The zero-order valence-electron chi connectivity index (χ0n) is 13.2. The summed E-state index contributed by atoms with van der Waals surface area (Å²) >= 11 is 1.29. The van der Waals surface area contributed by atoms with E-state index in [1.807, 2.05) is 0 Å². The van der Waals surface area contributed by atoms with Crippen molar-refractivity contribution >= 4 is 34.8 Å². The summed E-state index contributed by atoms with van der Waals surface area (Å²) in [6.07, 6.45) is 0. The molecule has 2 aromatic rings. The standard InChI is InChI=1S/C15H16N4O4S/c1-9(20)16-11-3-6-24-13(11)14(21)18-4-5-19-10(8-18)7-12(17-19)15(22)23-2/h3,6-7H,4-5,8H2,1-2H3,(H,16,20). The number of esters is 1. The fraction of sp³-hybridized carbons (Fsp3) is 0.333. The maximum atomic E-state index is 12.7. The molecule has 3 heterocycles. The van der Waals surface area contributed by atoms with Gasteiger partial charge in [-0.05, 0) is 17.5 Å². The molecule has 0 aromatic carbocycles. The largest absolute Gasteiger partial charge is 0.464 e. The molecule has 24 heavy (non-hydrogen) atoms. The Morgan fingerprint density at radius 3 is 2.83 bits per heavy atom. The van der Waals surface area contributed by atoms with Gasteiger partial charge in [-0.25, -0.2) is 4.79 Å². The van der Waals surface area contributed by atoms with Crippen molar-refractivity contribution in [3.63, 3.8) is 0 Å². The summed E-state index contributed by atoms with van der Waals surface area (Å²) in [5, 5.41) is 8.62. The van der Waals surface area contributed by atoms with Crippen LogP contribution in [0.4, 0.5) is 5.69 Å². The highest BCUT2D eigenvalue weighted by molar-refractivity contribution is 7.12. The monoisotopic (exact) mass is 348 g/mol. The first-order chi connectivity index (χ1) is 11.5. The molecule has 0 aliphatic carbocycles. The Balaban J connectivity index is 1.79. The maximum absolute atomic E-state index is 12.7. The quantitative estimate of drug-likeness (QED) is 0.845. The number of nitrogens with zero attached hydrogens (tertiary/aromatic N) is 3. The lowest BCUT2D eigenvalue weighted by atomic mass is 10.2. The lowest BCUT2D eigenvalue weighted by molar-refractivity contribution is -0.114. The average Bonchev–Trinajstić information content (AvgIpc) is 3.18. The number of hydrogen-bond acceptors (Lipinski definition) is 6. The zero-order chi connectivity index (χ0) is 17.3. The number of anilines is 1. The van der Waals surface area contributed by atoms with Crippen LogP contribution in [0.15, 0.2) is 17.5 Å². The second-order valence-electron chi connectivity index (χ2n) is 5.31. The van der Waals surface area contributed by atoms with Crippen LogP contribution in [-0.4, -0.2) is 46.1 Å². The molecule has 1 aliphatic heterocycles. The van der Waals surface area contributed by atoms with Gasteiger partial charge < -0.3 is 15.0 Å². The number of amides is 2. The summed E-state index contributed by atoms with van der Waals surface area (Å²) in [5.74, 6) is -0.872. The smallest absolute Gasteiger partial charge is 0.358 e. The highest BCUT2D eigenvalue weighted by atomic mass is 32.1. The molecule has 0 saturated carbocycles. The van der Waals surface area contributed by atoms with Crippen LogP contribution in [0, 0.1) is 0 Å². The predicted octanol–water partition coefficient (Wildman–Crippen LogP) is 1.35. The van der Waals surface area contributed by atoms with Gasteiger partial charge in [0, 0.05) is 13.5 Å². The van der Waals surface area contributed by atoms with Gasteiger partial charge in [0.15, 0.2) is 5.69 Å². The van der Waals surface area contributed by atoms with Crippen molar-refractivity contribution in [1.29, 1.82) is 0 Å². The van der Waals surface area contributed by atoms with Crippen LogP contribution >= 0.6 is 11.3 Å². The summed E-state index contributed by atoms with van der Waals surface area (Å²) in [5.41, 5.74) is 1.52. The van der Waals surface area contributed by atoms with Gasteiger partial charge in [0.05, 0.1) is 31.6 Å². The normalized spacial score (nSPS) is 13.3. The van der Waals surface area contributed by atoms with Crippen LogP contribution in [0.1, 0.15) is 32.8 Å². The first kappa shape index (κ1) is 16.2. The highest BCUT2D eigenvalue weighted by Gasteiger charge is 2.27. The highest BCUT2D eigenvalue weighted by Crippen LogP contribution is 2.26. The van der Waals surface area contributed by atoms with Gasteiger partial charge in [-0.15, -0.1) is 11.3 Å². The summed E-state index contributed by atoms with van der Waals surface area (Å²) < 4.78 is 6.37. The molecule has 2 amide bonds. The molecule has 0 radical (unpaired) electrons. The Labute approximate surface area is 142 Å². The van der Waals surface area contributed by atoms with E-state index in [1.54, 1.807) is 27.1 Å². The first-order valence-corrected chi connectivity index (χ1v) is 8.17. The van der Waals surface area contributed by atoms with E-state index >= 15 is 0 Å². The fourth-order valence-electron chi connectivity index (χ4n) is 2.55. The van der Waals surface area contributed by atoms with Gasteiger partial charge in [-0.2, -0.15) is 5.10 Å². The SMILES string of the molecule is COC(=O)c1cc2n(n1)CCN(C(=O)c1sccc1NC(C)=O)C2. The Kier molecular flexibility index (Phi) is 4.34. The van der Waals surface area contributed by atoms with E-state index in [0.29, 0.717) is 30.2 Å². The molecule has 0 unspecified atom stereocenters. The van der Waals surface area contributed by atoms with Crippen LogP contribution in [0.5, 0.6) is 0 Å². The molecule has 1 N–H and O–H groups in total. The third-order valence-electron chi connectivity index (χ3n) is 3.65. The second-order valence-corrected chi connectivity index (χ2v) is 6.22. The number of hydrogen-bond donors (Lipinski definition) is 1. The minimum Gasteiger partial charge on any atom is -0.464 e. The molecule has 9 heteroatoms. The number of methoxy groups -OCH3 is 1. The van der Waals surface area contributed by atoms with Crippen LogP contribution in [0.2, 0.25) is 0 Å². The van der Waals surface area contributed by atoms with Crippen molar-refractivity contribution in [1.82, 2.24) is 14.7 Å². The van der Waals surface area contributed by atoms with E-state index in [0.717, 1.165) is 5.69 Å². The third kappa shape index (κ3) is 3.02. The molecule has 0 fully saturated rings. The third-order valence-corrected chi connectivity index (χ3v) is 4.55. The predicted molar refractivity (Wildman–Crippen MR) is 86.9 cm³/mol. The van der Waals surface area contributed by atoms with Crippen LogP contribution in [0.3, 0.4) is 0 Å². The number of aromatic nitrogens is 2. The summed E-state index contributed by atoms with van der Waals surface area (Å²) in [6, 6.07) is 3.34. The molecular formula is C15H16N4O4S. The molecule has 2 aromatic heterocycles. The maximum Gasteiger partial charge on any atom is 0.358 e. The van der Waals surface area contributed by atoms with Crippen molar-refractivity contribution < 1.29 is 19.1 Å². The lowest BCUT2D eigenvalue weighted by Crippen LogP contribution is -2.38. The summed E-state index contributed by atoms with van der Waals surface area (Å²) in [7, 11) is 1.30. The number of ether oxygens (including phenoxy) is 1. The minimum atomic E-state index is -0.499. The molecular weight excluding hydrogens is 332 g/mol. The van der Waals surface area contributed by atoms with Crippen molar-refractivity contribution in [2.75, 3.05) is 19.0 Å². The first-order valence-electron chi connectivity index (χ1n) is 7.29. The number of nitrogens with one attached hydrogen (secondary N) is 1. The molecule has 126 valence electrons. The van der Waals surface area contributed by atoms with Gasteiger partial charge in [-0.1, -0.05) is 0 Å². The molecule has 1 aliphatic rings. The van der Waals surface area contributed by atoms with Gasteiger partial charge in [0.2, 0.25) is 5.91 Å². The van der Waals surface area contributed by atoms with Gasteiger partial charge in [0.1, 0.15) is 4.88 Å². The summed E-state index contributed by atoms with van der Waals surface area (Å²) in [6.45, 7) is 2.73. The molecule has 3 rings (SSSR count). The van der Waals surface area contributed by atoms with Crippen LogP contribution in [0.25, 0.3) is 0 Å². The van der Waals surface area contributed by atoms with E-state index in [9.17, 15) is 14.4 Å². The average molecular weight is 348 g/mol. The minimum absolute atomic E-state index is 0.152. The van der Waals surface area contributed by atoms with Crippen LogP contribution < -0.4 is 5.32 Å². The van der Waals surface area contributed by atoms with Gasteiger partial charge in [-0.3, -0.25) is 14.3 Å². The Morgan fingerprint density at radius 2 is 2.12 bits per heavy atom. The van der Waals surface area contributed by atoms with E-state index in [2.05, 4.69) is 15.2 Å². The topological polar surface area (TPSA) is 93.5 Å². The van der Waals surface area contributed by atoms with Gasteiger partial charge in [0.25, 0.3) is 5.91 Å². The molecule has 0 bridgehead atoms. The van der Waals surface area contributed by atoms with Crippen molar-refractivity contribution in [2.45, 2.75) is 20.0 Å². The Morgan fingerprint density at radius 1 is 1.33 bits per heavy atom.